The van der Waals surface area contributed by atoms with E-state index in [2.05, 4.69) is 47.3 Å². The molecule has 4 aromatic rings. The van der Waals surface area contributed by atoms with E-state index in [-0.39, 0.29) is 11.5 Å². The van der Waals surface area contributed by atoms with Crippen LogP contribution >= 0.6 is 11.3 Å². The van der Waals surface area contributed by atoms with E-state index in [1.165, 1.54) is 6.92 Å². The smallest absolute Gasteiger partial charge is 0.331 e. The van der Waals surface area contributed by atoms with Gasteiger partial charge in [-0.3, -0.25) is 4.79 Å². The number of thiophene rings is 1. The van der Waals surface area contributed by atoms with Crippen LogP contribution in [0.5, 0.6) is 5.75 Å². The van der Waals surface area contributed by atoms with Gasteiger partial charge in [-0.05, 0) is 67.8 Å². The molecular weight excluding hydrogens is 484 g/mol. The number of benzene rings is 3. The largest absolute Gasteiger partial charge is 0.439 e. The van der Waals surface area contributed by atoms with Crippen molar-refractivity contribution in [2.24, 2.45) is 5.16 Å². The van der Waals surface area contributed by atoms with Gasteiger partial charge in [-0.15, -0.1) is 11.3 Å². The fraction of sp³-hybridized carbons (Fsp3) is 0.233. The number of anilines is 1. The molecule has 0 bridgehead atoms. The van der Waals surface area contributed by atoms with Gasteiger partial charge in [-0.1, -0.05) is 36.7 Å². The number of fused-ring (bicyclic) bond motifs is 4. The number of hydrogen-bond acceptors (Lipinski definition) is 7. The molecule has 7 heteroatoms. The zero-order chi connectivity index (χ0) is 25.9. The van der Waals surface area contributed by atoms with Gasteiger partial charge in [0.25, 0.3) is 0 Å². The molecule has 0 amide bonds. The number of unbranched alkanes of at least 4 members (excludes halogenated alkanes) is 1. The van der Waals surface area contributed by atoms with Crippen LogP contribution in [-0.4, -0.2) is 24.0 Å². The van der Waals surface area contributed by atoms with Gasteiger partial charge in [0.05, 0.1) is 5.69 Å². The van der Waals surface area contributed by atoms with E-state index in [0.29, 0.717) is 12.0 Å². The minimum absolute atomic E-state index is 0.218. The number of ketones is 1. The molecule has 6 nitrogen and oxygen atoms in total. The zero-order valence-electron chi connectivity index (χ0n) is 21.1. The fourth-order valence-corrected chi connectivity index (χ4v) is 5.55. The fourth-order valence-electron chi connectivity index (χ4n) is 4.49. The van der Waals surface area contributed by atoms with Crippen molar-refractivity contribution in [2.75, 3.05) is 11.4 Å². The van der Waals surface area contributed by atoms with Crippen molar-refractivity contribution < 1.29 is 19.2 Å². The Kier molecular flexibility index (Phi) is 7.06. The quantitative estimate of drug-likeness (QED) is 0.105. The van der Waals surface area contributed by atoms with Crippen LogP contribution in [0.2, 0.25) is 0 Å². The molecule has 5 rings (SSSR count). The molecular formula is C30H28N2O4S. The minimum atomic E-state index is -0.543. The van der Waals surface area contributed by atoms with Crippen LogP contribution in [0.15, 0.2) is 71.7 Å². The Labute approximate surface area is 219 Å². The molecule has 0 N–H and O–H groups in total. The van der Waals surface area contributed by atoms with Crippen LogP contribution in [0.3, 0.4) is 0 Å². The molecule has 1 aliphatic rings. The summed E-state index contributed by atoms with van der Waals surface area (Å²) in [7, 11) is 0. The molecule has 188 valence electrons. The monoisotopic (exact) mass is 512 g/mol. The summed E-state index contributed by atoms with van der Waals surface area (Å²) in [4.78, 5) is 31.5. The third kappa shape index (κ3) is 5.00. The Hall–Kier alpha value is -3.97. The SMILES string of the molecule is CCCC/C(=N\OC(C)=O)C(=O)c1ccc2sc3ccc(/C=C4\Oc5ccccc5N4CC)cc3c2c1. The maximum atomic E-state index is 13.3. The Bertz CT molecular complexity index is 1570. The lowest BCUT2D eigenvalue weighted by atomic mass is 10.0. The summed E-state index contributed by atoms with van der Waals surface area (Å²) in [5.74, 6) is 0.888. The minimum Gasteiger partial charge on any atom is -0.439 e. The first kappa shape index (κ1) is 24.7. The molecule has 0 spiro atoms. The number of carbonyl (C=O) groups excluding carboxylic acids is 2. The van der Waals surface area contributed by atoms with Crippen LogP contribution in [-0.2, 0) is 9.63 Å². The highest BCUT2D eigenvalue weighted by atomic mass is 32.1. The van der Waals surface area contributed by atoms with Crippen molar-refractivity contribution in [2.45, 2.75) is 40.0 Å². The van der Waals surface area contributed by atoms with Gasteiger partial charge in [0.1, 0.15) is 5.71 Å². The molecule has 37 heavy (non-hydrogen) atoms. The first-order valence-corrected chi connectivity index (χ1v) is 13.3. The third-order valence-electron chi connectivity index (χ3n) is 6.31. The first-order valence-electron chi connectivity index (χ1n) is 12.5. The molecule has 3 aromatic carbocycles. The molecule has 1 aliphatic heterocycles. The molecule has 0 atom stereocenters. The van der Waals surface area contributed by atoms with E-state index in [1.807, 2.05) is 43.3 Å². The lowest BCUT2D eigenvalue weighted by Gasteiger charge is -2.15. The average Bonchev–Trinajstić information content (AvgIpc) is 3.44. The van der Waals surface area contributed by atoms with Gasteiger partial charge in [0.15, 0.2) is 5.75 Å². The molecule has 0 fully saturated rings. The van der Waals surface area contributed by atoms with Crippen molar-refractivity contribution in [1.29, 1.82) is 0 Å². The summed E-state index contributed by atoms with van der Waals surface area (Å²) in [5, 5.41) is 5.95. The standard InChI is InChI=1S/C30H28N2O4S/c1-4-6-9-24(31-36-19(3)33)30(34)21-13-15-28-23(18-21)22-16-20(12-14-27(22)37-28)17-29-32(5-2)25-10-7-8-11-26(25)35-29/h7-8,10-18H,4-6,9H2,1-3H3/b29-17-,31-24+. The van der Waals surface area contributed by atoms with E-state index in [0.717, 1.165) is 62.4 Å². The topological polar surface area (TPSA) is 68.2 Å². The highest BCUT2D eigenvalue weighted by Gasteiger charge is 2.24. The van der Waals surface area contributed by atoms with Crippen LogP contribution in [0.4, 0.5) is 5.69 Å². The first-order chi connectivity index (χ1) is 18.0. The van der Waals surface area contributed by atoms with Gasteiger partial charge in [-0.25, -0.2) is 4.79 Å². The third-order valence-corrected chi connectivity index (χ3v) is 7.46. The van der Waals surface area contributed by atoms with E-state index in [9.17, 15) is 9.59 Å². The zero-order valence-corrected chi connectivity index (χ0v) is 21.9. The maximum Gasteiger partial charge on any atom is 0.331 e. The van der Waals surface area contributed by atoms with E-state index >= 15 is 0 Å². The van der Waals surface area contributed by atoms with Gasteiger partial charge in [-0.2, -0.15) is 0 Å². The number of carbonyl (C=O) groups is 2. The lowest BCUT2D eigenvalue weighted by Crippen LogP contribution is -2.19. The highest BCUT2D eigenvalue weighted by molar-refractivity contribution is 7.25. The number of hydrogen-bond donors (Lipinski definition) is 0. The Balaban J connectivity index is 1.51. The predicted octanol–water partition coefficient (Wildman–Crippen LogP) is 7.56. The van der Waals surface area contributed by atoms with E-state index in [1.54, 1.807) is 11.3 Å². The van der Waals surface area contributed by atoms with Crippen molar-refractivity contribution in [1.82, 2.24) is 0 Å². The predicted molar refractivity (Wildman–Crippen MR) is 150 cm³/mol. The van der Waals surface area contributed by atoms with Gasteiger partial charge < -0.3 is 14.5 Å². The van der Waals surface area contributed by atoms with Gasteiger partial charge in [0, 0.05) is 45.3 Å². The van der Waals surface area contributed by atoms with Crippen molar-refractivity contribution >= 4 is 60.7 Å². The molecule has 0 saturated heterocycles. The second kappa shape index (κ2) is 10.6. The number of rotatable bonds is 8. The van der Waals surface area contributed by atoms with Gasteiger partial charge >= 0.3 is 5.97 Å². The summed E-state index contributed by atoms with van der Waals surface area (Å²) in [5.41, 5.74) is 2.88. The average molecular weight is 513 g/mol. The number of ether oxygens (including phenoxy) is 1. The second-order valence-electron chi connectivity index (χ2n) is 8.92. The number of Topliss-reactive ketones (excluding diaryl/α,β-unsaturated/α-hetero) is 1. The summed E-state index contributed by atoms with van der Waals surface area (Å²) >= 11 is 1.69. The van der Waals surface area contributed by atoms with E-state index < -0.39 is 5.97 Å². The highest BCUT2D eigenvalue weighted by Crippen LogP contribution is 2.40. The summed E-state index contributed by atoms with van der Waals surface area (Å²) < 4.78 is 8.38. The molecule has 0 aliphatic carbocycles. The normalized spacial score (nSPS) is 14.3. The van der Waals surface area contributed by atoms with Crippen molar-refractivity contribution in [3.05, 3.63) is 77.7 Å². The number of nitrogens with zero attached hydrogens (tertiary/aromatic N) is 2. The molecule has 2 heterocycles. The molecule has 0 saturated carbocycles. The molecule has 0 radical (unpaired) electrons. The van der Waals surface area contributed by atoms with Crippen molar-refractivity contribution in [3.8, 4) is 5.75 Å². The van der Waals surface area contributed by atoms with Gasteiger partial charge in [0.2, 0.25) is 11.7 Å². The summed E-state index contributed by atoms with van der Waals surface area (Å²) in [6.07, 6.45) is 4.20. The Morgan fingerprint density at radius 1 is 1.03 bits per heavy atom. The van der Waals surface area contributed by atoms with Crippen LogP contribution in [0, 0.1) is 0 Å². The Morgan fingerprint density at radius 2 is 1.78 bits per heavy atom. The summed E-state index contributed by atoms with van der Waals surface area (Å²) in [6.45, 7) is 6.22. The maximum absolute atomic E-state index is 13.3. The van der Waals surface area contributed by atoms with E-state index in [4.69, 9.17) is 9.57 Å². The number of para-hydroxylation sites is 2. The Morgan fingerprint density at radius 3 is 2.54 bits per heavy atom. The summed E-state index contributed by atoms with van der Waals surface area (Å²) in [6, 6.07) is 20.1. The van der Waals surface area contributed by atoms with Crippen LogP contribution in [0.25, 0.3) is 26.2 Å². The lowest BCUT2D eigenvalue weighted by molar-refractivity contribution is -0.140. The van der Waals surface area contributed by atoms with Crippen LogP contribution in [0.1, 0.15) is 56.0 Å². The number of oxime groups is 1. The molecule has 1 aromatic heterocycles. The molecule has 0 unspecified atom stereocenters. The second-order valence-corrected chi connectivity index (χ2v) is 10.0. The van der Waals surface area contributed by atoms with Crippen molar-refractivity contribution in [3.63, 3.8) is 0 Å². The van der Waals surface area contributed by atoms with Crippen LogP contribution < -0.4 is 9.64 Å².